The zero-order valence-corrected chi connectivity index (χ0v) is 25.8. The molecule has 3 nitrogen and oxygen atoms in total. The molecule has 0 saturated carbocycles. The zero-order valence-electron chi connectivity index (χ0n) is 34.8. The van der Waals surface area contributed by atoms with E-state index in [2.05, 4.69) is 4.90 Å². The maximum Gasteiger partial charge on any atom is 0.137 e. The summed E-state index contributed by atoms with van der Waals surface area (Å²) in [6.45, 7) is 0. The quantitative estimate of drug-likeness (QED) is 0.188. The van der Waals surface area contributed by atoms with Gasteiger partial charge in [0.25, 0.3) is 0 Å². The Labute approximate surface area is 295 Å². The molecule has 8 aromatic carbocycles. The topological polar surface area (TPSA) is 29.5 Å². The highest BCUT2D eigenvalue weighted by atomic mass is 16.3. The molecular formula is C46H29NO2. The predicted octanol–water partition coefficient (Wildman–Crippen LogP) is 13.4. The first-order valence-electron chi connectivity index (χ1n) is 20.4. The summed E-state index contributed by atoms with van der Waals surface area (Å²) in [5.41, 5.74) is 6.34. The summed E-state index contributed by atoms with van der Waals surface area (Å²) in [7, 11) is 0. The summed E-state index contributed by atoms with van der Waals surface area (Å²) >= 11 is 0. The number of fused-ring (bicyclic) bond motifs is 8. The second-order valence-electron chi connectivity index (χ2n) is 11.8. The van der Waals surface area contributed by atoms with E-state index in [0.29, 0.717) is 43.8 Å². The van der Waals surface area contributed by atoms with Crippen molar-refractivity contribution in [3.05, 3.63) is 176 Å². The Morgan fingerprint density at radius 1 is 0.408 bits per heavy atom. The molecule has 0 aliphatic heterocycles. The van der Waals surface area contributed by atoms with Crippen molar-refractivity contribution in [1.82, 2.24) is 0 Å². The van der Waals surface area contributed by atoms with E-state index >= 15 is 0 Å². The molecule has 0 amide bonds. The van der Waals surface area contributed by atoms with Crippen LogP contribution in [0.15, 0.2) is 185 Å². The second-order valence-corrected chi connectivity index (χ2v) is 11.8. The van der Waals surface area contributed by atoms with E-state index in [4.69, 9.17) is 19.8 Å². The average molecular weight is 637 g/mol. The highest BCUT2D eigenvalue weighted by Crippen LogP contribution is 2.44. The van der Waals surface area contributed by atoms with Gasteiger partial charge in [0.05, 0.1) is 23.4 Å². The standard InChI is InChI=1S/C46H29NO2/c1-2-9-30(10-3-1)31-19-24-35(25-20-31)47(40-13-8-16-43-46(40)38-12-5-7-15-42(38)48-43)36-26-21-32(22-27-36)34-18-17-33-23-28-44-45(39(33)29-34)37-11-4-6-14-41(37)49-44/h1-29H/i1D,2D,3D,9D,10D,11D,23D,28D,29D. The molecule has 0 N–H and O–H groups in total. The summed E-state index contributed by atoms with van der Waals surface area (Å²) < 4.78 is 89.4. The van der Waals surface area contributed by atoms with Gasteiger partial charge in [0, 0.05) is 27.5 Å². The third-order valence-corrected chi connectivity index (χ3v) is 8.99. The average Bonchev–Trinajstić information content (AvgIpc) is 3.83. The monoisotopic (exact) mass is 636 g/mol. The summed E-state index contributed by atoms with van der Waals surface area (Å²) in [4.78, 5) is 2.07. The number of nitrogens with zero attached hydrogens (tertiary/aromatic N) is 1. The zero-order chi connectivity index (χ0) is 40.1. The van der Waals surface area contributed by atoms with Crippen molar-refractivity contribution >= 4 is 71.7 Å². The third kappa shape index (κ3) is 4.51. The third-order valence-electron chi connectivity index (χ3n) is 8.99. The van der Waals surface area contributed by atoms with Crippen molar-refractivity contribution in [2.75, 3.05) is 4.90 Å². The molecule has 2 heterocycles. The molecule has 0 aliphatic rings. The number of para-hydroxylation sites is 2. The fourth-order valence-corrected chi connectivity index (χ4v) is 6.72. The fraction of sp³-hybridized carbons (Fsp3) is 0. The highest BCUT2D eigenvalue weighted by molar-refractivity contribution is 6.19. The van der Waals surface area contributed by atoms with Gasteiger partial charge in [-0.1, -0.05) is 115 Å². The normalized spacial score (nSPS) is 14.2. The molecule has 3 heteroatoms. The van der Waals surface area contributed by atoms with Crippen molar-refractivity contribution in [2.24, 2.45) is 0 Å². The van der Waals surface area contributed by atoms with Gasteiger partial charge in [-0.05, 0) is 93.6 Å². The lowest BCUT2D eigenvalue weighted by Gasteiger charge is -2.26. The van der Waals surface area contributed by atoms with Crippen LogP contribution < -0.4 is 4.90 Å². The summed E-state index contributed by atoms with van der Waals surface area (Å²) in [5.74, 6) is 0. The molecule has 10 aromatic rings. The van der Waals surface area contributed by atoms with Gasteiger partial charge in [-0.2, -0.15) is 0 Å². The van der Waals surface area contributed by atoms with Gasteiger partial charge < -0.3 is 13.7 Å². The highest BCUT2D eigenvalue weighted by Gasteiger charge is 2.20. The molecule has 0 unspecified atom stereocenters. The molecule has 0 saturated heterocycles. The van der Waals surface area contributed by atoms with Crippen molar-refractivity contribution < 1.29 is 21.2 Å². The largest absolute Gasteiger partial charge is 0.456 e. The minimum Gasteiger partial charge on any atom is -0.456 e. The lowest BCUT2D eigenvalue weighted by molar-refractivity contribution is 0.668. The predicted molar refractivity (Wildman–Crippen MR) is 204 cm³/mol. The molecule has 0 bridgehead atoms. The van der Waals surface area contributed by atoms with Gasteiger partial charge in [0.15, 0.2) is 0 Å². The second kappa shape index (κ2) is 11.0. The maximum atomic E-state index is 9.50. The lowest BCUT2D eigenvalue weighted by atomic mass is 9.97. The molecule has 0 atom stereocenters. The number of rotatable bonds is 5. The van der Waals surface area contributed by atoms with Crippen molar-refractivity contribution in [2.45, 2.75) is 0 Å². The summed E-state index contributed by atoms with van der Waals surface area (Å²) in [6, 6.07) is 35.8. The van der Waals surface area contributed by atoms with Crippen molar-refractivity contribution in [3.63, 3.8) is 0 Å². The number of furan rings is 2. The minimum atomic E-state index is -0.444. The Bertz CT molecular complexity index is 3310. The number of hydrogen-bond acceptors (Lipinski definition) is 3. The van der Waals surface area contributed by atoms with Crippen LogP contribution in [0.1, 0.15) is 12.3 Å². The summed E-state index contributed by atoms with van der Waals surface area (Å²) in [6.07, 6.45) is 0. The Kier molecular flexibility index (Phi) is 4.48. The van der Waals surface area contributed by atoms with E-state index in [0.717, 1.165) is 39.0 Å². The molecule has 0 spiro atoms. The van der Waals surface area contributed by atoms with E-state index in [1.807, 2.05) is 78.9 Å². The van der Waals surface area contributed by atoms with Gasteiger partial charge in [0.2, 0.25) is 0 Å². The Morgan fingerprint density at radius 3 is 1.86 bits per heavy atom. The van der Waals surface area contributed by atoms with Crippen molar-refractivity contribution in [1.29, 1.82) is 0 Å². The molecule has 10 rings (SSSR count). The van der Waals surface area contributed by atoms with Gasteiger partial charge in [-0.3, -0.25) is 0 Å². The number of anilines is 3. The lowest BCUT2D eigenvalue weighted by Crippen LogP contribution is -2.10. The fourth-order valence-electron chi connectivity index (χ4n) is 6.72. The molecule has 2 aromatic heterocycles. The molecule has 230 valence electrons. The van der Waals surface area contributed by atoms with E-state index in [9.17, 15) is 1.37 Å². The molecule has 0 radical (unpaired) electrons. The van der Waals surface area contributed by atoms with E-state index < -0.39 is 18.1 Å². The Morgan fingerprint density at radius 2 is 1.06 bits per heavy atom. The van der Waals surface area contributed by atoms with Gasteiger partial charge in [-0.25, -0.2) is 0 Å². The van der Waals surface area contributed by atoms with Crippen LogP contribution in [-0.2, 0) is 0 Å². The van der Waals surface area contributed by atoms with Gasteiger partial charge in [0.1, 0.15) is 22.3 Å². The smallest absolute Gasteiger partial charge is 0.137 e. The van der Waals surface area contributed by atoms with Crippen LogP contribution in [0.4, 0.5) is 17.1 Å². The first-order chi connectivity index (χ1) is 28.0. The van der Waals surface area contributed by atoms with E-state index in [1.165, 1.54) is 0 Å². The molecule has 0 fully saturated rings. The van der Waals surface area contributed by atoms with Crippen LogP contribution in [0.2, 0.25) is 0 Å². The van der Waals surface area contributed by atoms with E-state index in [1.54, 1.807) is 42.5 Å². The Balaban J connectivity index is 1.14. The number of hydrogen-bond donors (Lipinski definition) is 0. The summed E-state index contributed by atoms with van der Waals surface area (Å²) in [5, 5.41) is 3.71. The van der Waals surface area contributed by atoms with E-state index in [-0.39, 0.29) is 47.4 Å². The molecule has 0 aliphatic carbocycles. The first kappa shape index (κ1) is 19.9. The van der Waals surface area contributed by atoms with Crippen LogP contribution in [0.5, 0.6) is 0 Å². The maximum absolute atomic E-state index is 9.50. The first-order valence-corrected chi connectivity index (χ1v) is 15.9. The van der Waals surface area contributed by atoms with Crippen LogP contribution in [-0.4, -0.2) is 0 Å². The van der Waals surface area contributed by atoms with Crippen LogP contribution in [0.25, 0.3) is 76.9 Å². The Hall–Kier alpha value is -6.58. The van der Waals surface area contributed by atoms with Gasteiger partial charge >= 0.3 is 0 Å². The minimum absolute atomic E-state index is 0.0438. The van der Waals surface area contributed by atoms with Crippen LogP contribution >= 0.6 is 0 Å². The van der Waals surface area contributed by atoms with Crippen molar-refractivity contribution in [3.8, 4) is 22.3 Å². The molecule has 49 heavy (non-hydrogen) atoms. The molecular weight excluding hydrogens is 599 g/mol. The van der Waals surface area contributed by atoms with Crippen LogP contribution in [0, 0.1) is 0 Å². The SMILES string of the molecule is [2H]c1c([2H])c([2H])c(-c2ccc(N(c3ccc(-c4ccc5c([2H])c([2H])c6oc7cccc([2H])c7c6c5c4[2H])cc3)c3cccc4oc5ccccc5c34)cc2)c([2H])c1[2H]. The van der Waals surface area contributed by atoms with Gasteiger partial charge in [-0.15, -0.1) is 0 Å². The van der Waals surface area contributed by atoms with Crippen LogP contribution in [0.3, 0.4) is 0 Å². The number of benzene rings is 8.